The van der Waals surface area contributed by atoms with E-state index in [9.17, 15) is 5.11 Å². The van der Waals surface area contributed by atoms with Crippen LogP contribution in [0.3, 0.4) is 0 Å². The Morgan fingerprint density at radius 1 is 1.03 bits per heavy atom. The molecule has 2 aromatic carbocycles. The monoisotopic (exact) mass is 398 g/mol. The van der Waals surface area contributed by atoms with E-state index in [4.69, 9.17) is 0 Å². The van der Waals surface area contributed by atoms with E-state index >= 15 is 0 Å². The Morgan fingerprint density at radius 3 is 2.63 bits per heavy atom. The summed E-state index contributed by atoms with van der Waals surface area (Å²) in [5.41, 5.74) is 6.47. The number of nitrogens with one attached hydrogen (secondary N) is 1. The molecule has 0 unspecified atom stereocenters. The predicted octanol–water partition coefficient (Wildman–Crippen LogP) is 3.41. The first-order chi connectivity index (χ1) is 14.7. The number of rotatable bonds is 6. The summed E-state index contributed by atoms with van der Waals surface area (Å²) < 4.78 is 3.76. The second-order valence-corrected chi connectivity index (χ2v) is 7.37. The van der Waals surface area contributed by atoms with Gasteiger partial charge in [0.1, 0.15) is 5.82 Å². The van der Waals surface area contributed by atoms with Crippen LogP contribution >= 0.6 is 0 Å². The lowest BCUT2D eigenvalue weighted by atomic mass is 10.0. The number of imidazole rings is 1. The number of benzene rings is 2. The fraction of sp³-hybridized carbons (Fsp3) is 0.174. The van der Waals surface area contributed by atoms with Gasteiger partial charge in [-0.05, 0) is 29.3 Å². The van der Waals surface area contributed by atoms with E-state index < -0.39 is 0 Å². The molecule has 5 rings (SSSR count). The number of aryl methyl sites for hydroxylation is 1. The zero-order valence-corrected chi connectivity index (χ0v) is 16.7. The molecule has 3 aromatic heterocycles. The zero-order valence-electron chi connectivity index (χ0n) is 16.7. The normalized spacial score (nSPS) is 11.4. The fourth-order valence-corrected chi connectivity index (χ4v) is 3.78. The van der Waals surface area contributed by atoms with Gasteiger partial charge in [0.15, 0.2) is 0 Å². The van der Waals surface area contributed by atoms with Crippen LogP contribution in [0.2, 0.25) is 0 Å². The van der Waals surface area contributed by atoms with Gasteiger partial charge in [-0.2, -0.15) is 10.2 Å². The van der Waals surface area contributed by atoms with Gasteiger partial charge in [0.25, 0.3) is 0 Å². The standard InChI is InChI=1S/C23H22N6O/c1-28-15-19(14-25-28)17-4-2-16(3-5-17)12-22-20-13-18(6-7-21(20)26-27-22)23-24-8-9-29(23)10-11-30/h2-9,13-15,30H,10-12H2,1H3,(H,26,27). The average Bonchev–Trinajstić information content (AvgIpc) is 3.49. The molecule has 0 atom stereocenters. The van der Waals surface area contributed by atoms with Crippen LogP contribution in [0.25, 0.3) is 33.4 Å². The molecule has 0 radical (unpaired) electrons. The molecule has 0 aliphatic rings. The van der Waals surface area contributed by atoms with Crippen molar-refractivity contribution in [3.05, 3.63) is 78.5 Å². The van der Waals surface area contributed by atoms with Crippen LogP contribution in [0, 0.1) is 0 Å². The van der Waals surface area contributed by atoms with Crippen LogP contribution in [0.15, 0.2) is 67.3 Å². The van der Waals surface area contributed by atoms with Gasteiger partial charge >= 0.3 is 0 Å². The van der Waals surface area contributed by atoms with Crippen molar-refractivity contribution in [3.63, 3.8) is 0 Å². The number of aromatic amines is 1. The smallest absolute Gasteiger partial charge is 0.139 e. The number of hydrogen-bond acceptors (Lipinski definition) is 4. The van der Waals surface area contributed by atoms with Crippen LogP contribution in [-0.4, -0.2) is 41.2 Å². The van der Waals surface area contributed by atoms with E-state index in [1.54, 1.807) is 6.20 Å². The maximum atomic E-state index is 9.28. The van der Waals surface area contributed by atoms with Gasteiger partial charge in [-0.1, -0.05) is 24.3 Å². The van der Waals surface area contributed by atoms with E-state index in [-0.39, 0.29) is 6.61 Å². The molecule has 0 aliphatic carbocycles. The van der Waals surface area contributed by atoms with Gasteiger partial charge in [0.2, 0.25) is 0 Å². The number of aromatic nitrogens is 6. The molecule has 0 aliphatic heterocycles. The minimum Gasteiger partial charge on any atom is -0.395 e. The average molecular weight is 398 g/mol. The molecule has 0 amide bonds. The minimum atomic E-state index is 0.0810. The maximum absolute atomic E-state index is 9.28. The van der Waals surface area contributed by atoms with Crippen molar-refractivity contribution in [1.82, 2.24) is 29.5 Å². The first-order valence-corrected chi connectivity index (χ1v) is 9.88. The number of nitrogens with zero attached hydrogens (tertiary/aromatic N) is 5. The molecule has 0 fully saturated rings. The van der Waals surface area contributed by atoms with Gasteiger partial charge in [-0.3, -0.25) is 9.78 Å². The summed E-state index contributed by atoms with van der Waals surface area (Å²) in [5, 5.41) is 22.3. The van der Waals surface area contributed by atoms with Crippen molar-refractivity contribution >= 4 is 10.9 Å². The summed E-state index contributed by atoms with van der Waals surface area (Å²) in [6.45, 7) is 0.604. The molecule has 5 aromatic rings. The summed E-state index contributed by atoms with van der Waals surface area (Å²) in [6.07, 6.45) is 8.27. The van der Waals surface area contributed by atoms with Gasteiger partial charge in [0, 0.05) is 55.1 Å². The summed E-state index contributed by atoms with van der Waals surface area (Å²) in [6, 6.07) is 14.7. The van der Waals surface area contributed by atoms with Crippen molar-refractivity contribution in [2.75, 3.05) is 6.61 Å². The Balaban J connectivity index is 1.44. The van der Waals surface area contributed by atoms with E-state index in [0.29, 0.717) is 6.54 Å². The van der Waals surface area contributed by atoms with Crippen molar-refractivity contribution < 1.29 is 5.11 Å². The van der Waals surface area contributed by atoms with E-state index in [1.165, 1.54) is 5.56 Å². The molecule has 7 nitrogen and oxygen atoms in total. The van der Waals surface area contributed by atoms with Crippen molar-refractivity contribution in [2.24, 2.45) is 7.05 Å². The summed E-state index contributed by atoms with van der Waals surface area (Å²) in [7, 11) is 1.92. The second kappa shape index (κ2) is 7.61. The SMILES string of the molecule is Cn1cc(-c2ccc(Cc3n[nH]c4ccc(-c5nccn5CCO)cc34)cc2)cn1. The summed E-state index contributed by atoms with van der Waals surface area (Å²) >= 11 is 0. The topological polar surface area (TPSA) is 84.5 Å². The molecule has 0 saturated carbocycles. The Hall–Kier alpha value is -3.71. The van der Waals surface area contributed by atoms with Crippen molar-refractivity contribution in [3.8, 4) is 22.5 Å². The highest BCUT2D eigenvalue weighted by Gasteiger charge is 2.11. The third-order valence-corrected chi connectivity index (χ3v) is 5.32. The molecular formula is C23H22N6O. The first kappa shape index (κ1) is 18.3. The van der Waals surface area contributed by atoms with Gasteiger partial charge in [-0.25, -0.2) is 4.98 Å². The molecule has 0 saturated heterocycles. The third-order valence-electron chi connectivity index (χ3n) is 5.32. The molecule has 3 heterocycles. The largest absolute Gasteiger partial charge is 0.395 e. The van der Waals surface area contributed by atoms with Crippen LogP contribution in [0.4, 0.5) is 0 Å². The Kier molecular flexibility index (Phi) is 4.65. The van der Waals surface area contributed by atoms with Crippen molar-refractivity contribution in [1.29, 1.82) is 0 Å². The highest BCUT2D eigenvalue weighted by atomic mass is 16.3. The Bertz CT molecular complexity index is 1290. The lowest BCUT2D eigenvalue weighted by molar-refractivity contribution is 0.276. The fourth-order valence-electron chi connectivity index (χ4n) is 3.78. The van der Waals surface area contributed by atoms with Gasteiger partial charge < -0.3 is 9.67 Å². The summed E-state index contributed by atoms with van der Waals surface area (Å²) in [4.78, 5) is 4.46. The van der Waals surface area contributed by atoms with Gasteiger partial charge in [0.05, 0.1) is 24.0 Å². The van der Waals surface area contributed by atoms with Crippen LogP contribution in [0.5, 0.6) is 0 Å². The second-order valence-electron chi connectivity index (χ2n) is 7.37. The van der Waals surface area contributed by atoms with E-state index in [2.05, 4.69) is 50.6 Å². The molecule has 2 N–H and O–H groups in total. The quantitative estimate of drug-likeness (QED) is 0.459. The number of hydrogen-bond donors (Lipinski definition) is 2. The van der Waals surface area contributed by atoms with E-state index in [0.717, 1.165) is 45.5 Å². The minimum absolute atomic E-state index is 0.0810. The maximum Gasteiger partial charge on any atom is 0.139 e. The number of aliphatic hydroxyl groups excluding tert-OH is 1. The van der Waals surface area contributed by atoms with E-state index in [1.807, 2.05) is 47.0 Å². The van der Waals surface area contributed by atoms with Crippen LogP contribution in [0.1, 0.15) is 11.3 Å². The molecule has 7 heteroatoms. The zero-order chi connectivity index (χ0) is 20.5. The molecule has 0 spiro atoms. The first-order valence-electron chi connectivity index (χ1n) is 9.88. The summed E-state index contributed by atoms with van der Waals surface area (Å²) in [5.74, 6) is 0.846. The lowest BCUT2D eigenvalue weighted by Crippen LogP contribution is -2.02. The van der Waals surface area contributed by atoms with Gasteiger partial charge in [-0.15, -0.1) is 0 Å². The molecule has 0 bridgehead atoms. The third kappa shape index (κ3) is 3.40. The van der Waals surface area contributed by atoms with Crippen LogP contribution in [-0.2, 0) is 20.0 Å². The lowest BCUT2D eigenvalue weighted by Gasteiger charge is -2.06. The number of H-pyrrole nitrogens is 1. The number of fused-ring (bicyclic) bond motifs is 1. The highest BCUT2D eigenvalue weighted by molar-refractivity contribution is 5.86. The molecule has 30 heavy (non-hydrogen) atoms. The van der Waals surface area contributed by atoms with Crippen LogP contribution < -0.4 is 0 Å². The number of aliphatic hydroxyl groups is 1. The highest BCUT2D eigenvalue weighted by Crippen LogP contribution is 2.26. The molecule has 150 valence electrons. The Labute approximate surface area is 173 Å². The molecular weight excluding hydrogens is 376 g/mol. The predicted molar refractivity (Wildman–Crippen MR) is 116 cm³/mol. The Morgan fingerprint density at radius 2 is 1.87 bits per heavy atom. The van der Waals surface area contributed by atoms with Crippen molar-refractivity contribution in [2.45, 2.75) is 13.0 Å².